The lowest BCUT2D eigenvalue weighted by atomic mass is 10.2. The fourth-order valence-electron chi connectivity index (χ4n) is 2.06. The van der Waals surface area contributed by atoms with Crippen molar-refractivity contribution in [1.29, 1.82) is 0 Å². The predicted octanol–water partition coefficient (Wildman–Crippen LogP) is 2.10. The zero-order valence-electron chi connectivity index (χ0n) is 9.72. The molecule has 0 spiro atoms. The maximum atomic E-state index is 5.78. The largest absolute Gasteiger partial charge is 0.399 e. The third kappa shape index (κ3) is 1.96. The summed E-state index contributed by atoms with van der Waals surface area (Å²) in [5, 5.41) is 1.04. The van der Waals surface area contributed by atoms with Gasteiger partial charge in [-0.3, -0.25) is 0 Å². The number of nitrogen functional groups attached to an aromatic ring is 1. The summed E-state index contributed by atoms with van der Waals surface area (Å²) in [5.74, 6) is 0. The fraction of sp³-hybridized carbons (Fsp3) is 0.417. The molecule has 17 heavy (non-hydrogen) atoms. The van der Waals surface area contributed by atoms with Crippen LogP contribution in [0, 0.1) is 0 Å². The van der Waals surface area contributed by atoms with E-state index >= 15 is 0 Å². The van der Waals surface area contributed by atoms with Gasteiger partial charge in [0.15, 0.2) is 5.13 Å². The second-order valence-corrected chi connectivity index (χ2v) is 5.36. The third-order valence-electron chi connectivity index (χ3n) is 3.16. The van der Waals surface area contributed by atoms with Crippen LogP contribution in [0.3, 0.4) is 0 Å². The monoisotopic (exact) mass is 249 g/mol. The van der Waals surface area contributed by atoms with Crippen LogP contribution in [-0.2, 0) is 4.74 Å². The van der Waals surface area contributed by atoms with Gasteiger partial charge in [0.25, 0.3) is 0 Å². The lowest BCUT2D eigenvalue weighted by Crippen LogP contribution is -2.31. The highest BCUT2D eigenvalue weighted by molar-refractivity contribution is 7.22. The van der Waals surface area contributed by atoms with Gasteiger partial charge in [0.1, 0.15) is 0 Å². The van der Waals surface area contributed by atoms with Gasteiger partial charge in [-0.25, -0.2) is 4.98 Å². The average molecular weight is 249 g/mol. The summed E-state index contributed by atoms with van der Waals surface area (Å²) in [5.41, 5.74) is 7.59. The smallest absolute Gasteiger partial charge is 0.186 e. The van der Waals surface area contributed by atoms with Crippen molar-refractivity contribution in [3.05, 3.63) is 18.2 Å². The summed E-state index contributed by atoms with van der Waals surface area (Å²) in [4.78, 5) is 6.85. The topological polar surface area (TPSA) is 51.4 Å². The summed E-state index contributed by atoms with van der Waals surface area (Å²) >= 11 is 1.69. The molecule has 1 atom stereocenters. The molecular weight excluding hydrogens is 234 g/mol. The van der Waals surface area contributed by atoms with E-state index < -0.39 is 0 Å². The van der Waals surface area contributed by atoms with E-state index in [0.717, 1.165) is 40.7 Å². The Morgan fingerprint density at radius 2 is 2.41 bits per heavy atom. The van der Waals surface area contributed by atoms with Gasteiger partial charge in [-0.15, -0.1) is 0 Å². The molecule has 4 nitrogen and oxygen atoms in total. The minimum Gasteiger partial charge on any atom is -0.399 e. The first kappa shape index (κ1) is 10.8. The van der Waals surface area contributed by atoms with Crippen molar-refractivity contribution in [2.24, 2.45) is 0 Å². The van der Waals surface area contributed by atoms with Crippen LogP contribution < -0.4 is 10.6 Å². The van der Waals surface area contributed by atoms with Gasteiger partial charge >= 0.3 is 0 Å². The fourth-order valence-corrected chi connectivity index (χ4v) is 3.11. The number of benzene rings is 1. The standard InChI is InChI=1S/C12H15N3OS/c1-15(9-4-5-16-7-9)12-14-10-3-2-8(13)6-11(10)17-12/h2-3,6,9H,4-5,7,13H2,1H3. The van der Waals surface area contributed by atoms with E-state index in [0.29, 0.717) is 6.04 Å². The van der Waals surface area contributed by atoms with Crippen LogP contribution in [0.4, 0.5) is 10.8 Å². The minimum absolute atomic E-state index is 0.452. The summed E-state index contributed by atoms with van der Waals surface area (Å²) in [6, 6.07) is 6.30. The van der Waals surface area contributed by atoms with E-state index in [1.165, 1.54) is 0 Å². The van der Waals surface area contributed by atoms with Crippen LogP contribution in [-0.4, -0.2) is 31.3 Å². The Bertz CT molecular complexity index is 534. The van der Waals surface area contributed by atoms with Crippen LogP contribution in [0.5, 0.6) is 0 Å². The quantitative estimate of drug-likeness (QED) is 0.828. The maximum absolute atomic E-state index is 5.78. The van der Waals surface area contributed by atoms with Gasteiger partial charge in [0.2, 0.25) is 0 Å². The lowest BCUT2D eigenvalue weighted by molar-refractivity contribution is 0.193. The molecule has 90 valence electrons. The molecule has 2 N–H and O–H groups in total. The molecule has 1 aromatic carbocycles. The normalized spacial score (nSPS) is 19.9. The van der Waals surface area contributed by atoms with Crippen LogP contribution in [0.25, 0.3) is 10.2 Å². The number of rotatable bonds is 2. The number of hydrogen-bond acceptors (Lipinski definition) is 5. The van der Waals surface area contributed by atoms with Crippen molar-refractivity contribution >= 4 is 32.4 Å². The van der Waals surface area contributed by atoms with Crippen LogP contribution >= 0.6 is 11.3 Å². The molecule has 1 saturated heterocycles. The molecule has 3 rings (SSSR count). The Morgan fingerprint density at radius 3 is 3.18 bits per heavy atom. The summed E-state index contributed by atoms with van der Waals surface area (Å²) in [7, 11) is 2.08. The molecule has 1 unspecified atom stereocenters. The first-order valence-corrected chi connectivity index (χ1v) is 6.52. The Balaban J connectivity index is 1.94. The number of aromatic nitrogens is 1. The summed E-state index contributed by atoms with van der Waals surface area (Å²) < 4.78 is 6.55. The first-order valence-electron chi connectivity index (χ1n) is 5.71. The SMILES string of the molecule is CN(c1nc2ccc(N)cc2s1)C1CCOC1. The second kappa shape index (κ2) is 4.16. The van der Waals surface area contributed by atoms with E-state index in [4.69, 9.17) is 10.5 Å². The van der Waals surface area contributed by atoms with Crippen molar-refractivity contribution in [2.45, 2.75) is 12.5 Å². The minimum atomic E-state index is 0.452. The van der Waals surface area contributed by atoms with E-state index in [-0.39, 0.29) is 0 Å². The van der Waals surface area contributed by atoms with E-state index in [9.17, 15) is 0 Å². The molecule has 2 heterocycles. The van der Waals surface area contributed by atoms with Crippen molar-refractivity contribution < 1.29 is 4.74 Å². The predicted molar refractivity (Wildman–Crippen MR) is 71.7 cm³/mol. The maximum Gasteiger partial charge on any atom is 0.186 e. The number of likely N-dealkylation sites (N-methyl/N-ethyl adjacent to an activating group) is 1. The number of fused-ring (bicyclic) bond motifs is 1. The molecule has 1 aromatic heterocycles. The molecule has 0 saturated carbocycles. The van der Waals surface area contributed by atoms with Gasteiger partial charge < -0.3 is 15.4 Å². The number of nitrogens with two attached hydrogens (primary N) is 1. The van der Waals surface area contributed by atoms with Gasteiger partial charge in [-0.2, -0.15) is 0 Å². The second-order valence-electron chi connectivity index (χ2n) is 4.35. The summed E-state index contributed by atoms with van der Waals surface area (Å²) in [6.07, 6.45) is 1.08. The number of anilines is 2. The Labute approximate surface area is 104 Å². The molecule has 2 aromatic rings. The van der Waals surface area contributed by atoms with E-state index in [2.05, 4.69) is 16.9 Å². The van der Waals surface area contributed by atoms with Crippen molar-refractivity contribution in [3.8, 4) is 0 Å². The van der Waals surface area contributed by atoms with Crippen molar-refractivity contribution in [1.82, 2.24) is 4.98 Å². The molecular formula is C12H15N3OS. The molecule has 0 radical (unpaired) electrons. The Hall–Kier alpha value is -1.33. The highest BCUT2D eigenvalue weighted by Crippen LogP contribution is 2.31. The van der Waals surface area contributed by atoms with Gasteiger partial charge in [-0.1, -0.05) is 11.3 Å². The molecule has 1 fully saturated rings. The van der Waals surface area contributed by atoms with E-state index in [1.54, 1.807) is 11.3 Å². The Kier molecular flexibility index (Phi) is 2.64. The van der Waals surface area contributed by atoms with Crippen LogP contribution in [0.2, 0.25) is 0 Å². The highest BCUT2D eigenvalue weighted by atomic mass is 32.1. The first-order chi connectivity index (χ1) is 8.24. The van der Waals surface area contributed by atoms with Gasteiger partial charge in [-0.05, 0) is 24.6 Å². The number of thiazole rings is 1. The van der Waals surface area contributed by atoms with E-state index in [1.807, 2.05) is 18.2 Å². The molecule has 5 heteroatoms. The average Bonchev–Trinajstić information content (AvgIpc) is 2.96. The van der Waals surface area contributed by atoms with Crippen molar-refractivity contribution in [3.63, 3.8) is 0 Å². The number of ether oxygens (including phenoxy) is 1. The lowest BCUT2D eigenvalue weighted by Gasteiger charge is -2.21. The molecule has 0 aliphatic carbocycles. The zero-order valence-corrected chi connectivity index (χ0v) is 10.5. The third-order valence-corrected chi connectivity index (χ3v) is 4.27. The molecule has 0 bridgehead atoms. The highest BCUT2D eigenvalue weighted by Gasteiger charge is 2.22. The Morgan fingerprint density at radius 1 is 1.53 bits per heavy atom. The number of nitrogens with zero attached hydrogens (tertiary/aromatic N) is 2. The van der Waals surface area contributed by atoms with Gasteiger partial charge in [0.05, 0.1) is 22.9 Å². The van der Waals surface area contributed by atoms with Crippen LogP contribution in [0.15, 0.2) is 18.2 Å². The number of hydrogen-bond donors (Lipinski definition) is 1. The molecule has 1 aliphatic rings. The van der Waals surface area contributed by atoms with Crippen molar-refractivity contribution in [2.75, 3.05) is 30.9 Å². The van der Waals surface area contributed by atoms with Crippen LogP contribution in [0.1, 0.15) is 6.42 Å². The molecule has 1 aliphatic heterocycles. The molecule has 0 amide bonds. The van der Waals surface area contributed by atoms with Gasteiger partial charge in [0, 0.05) is 19.3 Å². The zero-order chi connectivity index (χ0) is 11.8. The summed E-state index contributed by atoms with van der Waals surface area (Å²) in [6.45, 7) is 1.65.